The SMILES string of the molecule is CCC(N)(N)C#N. The second-order valence-electron chi connectivity index (χ2n) is 1.51. The molecule has 0 saturated heterocycles. The molecular formula is C4H9N3. The van der Waals surface area contributed by atoms with E-state index in [-0.39, 0.29) is 0 Å². The Kier molecular flexibility index (Phi) is 1.75. The molecule has 7 heavy (non-hydrogen) atoms. The van der Waals surface area contributed by atoms with Gasteiger partial charge in [-0.1, -0.05) is 6.92 Å². The predicted octanol–water partition coefficient (Wildman–Crippen LogP) is -0.466. The van der Waals surface area contributed by atoms with Crippen LogP contribution in [0.2, 0.25) is 0 Å². The topological polar surface area (TPSA) is 75.8 Å². The Hall–Kier alpha value is -0.590. The van der Waals surface area contributed by atoms with Crippen molar-refractivity contribution < 1.29 is 0 Å². The van der Waals surface area contributed by atoms with Gasteiger partial charge in [0.25, 0.3) is 0 Å². The van der Waals surface area contributed by atoms with Crippen LogP contribution in [-0.2, 0) is 0 Å². The second kappa shape index (κ2) is 1.92. The van der Waals surface area contributed by atoms with E-state index in [0.717, 1.165) is 0 Å². The molecule has 0 rings (SSSR count). The Morgan fingerprint density at radius 1 is 1.71 bits per heavy atom. The number of hydrogen-bond acceptors (Lipinski definition) is 3. The van der Waals surface area contributed by atoms with Crippen molar-refractivity contribution in [2.45, 2.75) is 19.0 Å². The lowest BCUT2D eigenvalue weighted by atomic mass is 10.2. The molecule has 0 bridgehead atoms. The smallest absolute Gasteiger partial charge is 0.153 e. The van der Waals surface area contributed by atoms with Crippen molar-refractivity contribution >= 4 is 0 Å². The molecule has 0 aliphatic heterocycles. The van der Waals surface area contributed by atoms with Crippen LogP contribution in [0.4, 0.5) is 0 Å². The van der Waals surface area contributed by atoms with Gasteiger partial charge in [0.1, 0.15) is 6.07 Å². The first-order valence-corrected chi connectivity index (χ1v) is 2.11. The molecule has 40 valence electrons. The standard InChI is InChI=1S/C4H9N3/c1-2-4(6,7)3-5/h2,6-7H2,1H3. The van der Waals surface area contributed by atoms with Gasteiger partial charge in [-0.3, -0.25) is 0 Å². The molecule has 0 heterocycles. The predicted molar refractivity (Wildman–Crippen MR) is 27.0 cm³/mol. The third-order valence-electron chi connectivity index (χ3n) is 0.793. The molecule has 0 atom stereocenters. The van der Waals surface area contributed by atoms with Crippen LogP contribution < -0.4 is 11.5 Å². The summed E-state index contributed by atoms with van der Waals surface area (Å²) in [5.74, 6) is 0. The van der Waals surface area contributed by atoms with Crippen LogP contribution >= 0.6 is 0 Å². The minimum atomic E-state index is -1.11. The average molecular weight is 99.1 g/mol. The maximum absolute atomic E-state index is 8.09. The number of nitrogens with two attached hydrogens (primary N) is 2. The van der Waals surface area contributed by atoms with Gasteiger partial charge in [0.05, 0.1) is 0 Å². The van der Waals surface area contributed by atoms with Crippen LogP contribution in [0.15, 0.2) is 0 Å². The van der Waals surface area contributed by atoms with E-state index in [1.165, 1.54) is 0 Å². The Bertz CT molecular complexity index is 89.6. The summed E-state index contributed by atoms with van der Waals surface area (Å²) < 4.78 is 0. The van der Waals surface area contributed by atoms with Crippen molar-refractivity contribution in [3.05, 3.63) is 0 Å². The van der Waals surface area contributed by atoms with Gasteiger partial charge in [0.15, 0.2) is 5.66 Å². The van der Waals surface area contributed by atoms with Crippen molar-refractivity contribution in [2.75, 3.05) is 0 Å². The lowest BCUT2D eigenvalue weighted by molar-refractivity contribution is 0.548. The zero-order valence-corrected chi connectivity index (χ0v) is 4.31. The van der Waals surface area contributed by atoms with Crippen LogP contribution in [0.5, 0.6) is 0 Å². The fourth-order valence-electron chi connectivity index (χ4n) is 0.0791. The summed E-state index contributed by atoms with van der Waals surface area (Å²) >= 11 is 0. The largest absolute Gasteiger partial charge is 0.301 e. The highest BCUT2D eigenvalue weighted by molar-refractivity contribution is 4.97. The van der Waals surface area contributed by atoms with E-state index >= 15 is 0 Å². The zero-order chi connectivity index (χ0) is 5.91. The fourth-order valence-corrected chi connectivity index (χ4v) is 0.0791. The highest BCUT2D eigenvalue weighted by Crippen LogP contribution is 1.90. The van der Waals surface area contributed by atoms with Gasteiger partial charge in [-0.05, 0) is 6.42 Å². The average Bonchev–Trinajstić information content (AvgIpc) is 1.68. The van der Waals surface area contributed by atoms with Crippen molar-refractivity contribution in [1.82, 2.24) is 0 Å². The molecule has 0 amide bonds. The molecule has 0 spiro atoms. The number of nitrogens with zero attached hydrogens (tertiary/aromatic N) is 1. The highest BCUT2D eigenvalue weighted by Gasteiger charge is 2.12. The molecule has 0 aromatic carbocycles. The summed E-state index contributed by atoms with van der Waals surface area (Å²) in [6.45, 7) is 1.77. The van der Waals surface area contributed by atoms with Crippen LogP contribution in [0.25, 0.3) is 0 Å². The van der Waals surface area contributed by atoms with Crippen molar-refractivity contribution in [1.29, 1.82) is 5.26 Å². The van der Waals surface area contributed by atoms with E-state index in [4.69, 9.17) is 16.7 Å². The van der Waals surface area contributed by atoms with Gasteiger partial charge in [-0.15, -0.1) is 0 Å². The summed E-state index contributed by atoms with van der Waals surface area (Å²) in [4.78, 5) is 0. The molecule has 3 nitrogen and oxygen atoms in total. The summed E-state index contributed by atoms with van der Waals surface area (Å²) in [5.41, 5.74) is 9.15. The van der Waals surface area contributed by atoms with E-state index in [0.29, 0.717) is 6.42 Å². The van der Waals surface area contributed by atoms with Crippen molar-refractivity contribution in [2.24, 2.45) is 11.5 Å². The minimum absolute atomic E-state index is 0.490. The van der Waals surface area contributed by atoms with E-state index < -0.39 is 5.66 Å². The first-order chi connectivity index (χ1) is 3.12. The van der Waals surface area contributed by atoms with E-state index in [1.54, 1.807) is 13.0 Å². The fraction of sp³-hybridized carbons (Fsp3) is 0.750. The summed E-state index contributed by atoms with van der Waals surface area (Å²) in [5, 5.41) is 8.09. The monoisotopic (exact) mass is 99.1 g/mol. The van der Waals surface area contributed by atoms with E-state index in [1.807, 2.05) is 0 Å². The minimum Gasteiger partial charge on any atom is -0.301 e. The normalized spacial score (nSPS) is 10.6. The maximum atomic E-state index is 8.09. The third-order valence-corrected chi connectivity index (χ3v) is 0.793. The zero-order valence-electron chi connectivity index (χ0n) is 4.31. The molecule has 3 heteroatoms. The first kappa shape index (κ1) is 6.41. The Morgan fingerprint density at radius 2 is 2.14 bits per heavy atom. The molecule has 0 aromatic rings. The van der Waals surface area contributed by atoms with Gasteiger partial charge in [-0.25, -0.2) is 0 Å². The number of hydrogen-bond donors (Lipinski definition) is 2. The summed E-state index contributed by atoms with van der Waals surface area (Å²) in [7, 11) is 0. The second-order valence-corrected chi connectivity index (χ2v) is 1.51. The molecule has 0 radical (unpaired) electrons. The maximum Gasteiger partial charge on any atom is 0.153 e. The Labute approximate surface area is 42.9 Å². The van der Waals surface area contributed by atoms with Crippen molar-refractivity contribution in [3.8, 4) is 6.07 Å². The van der Waals surface area contributed by atoms with Gasteiger partial charge >= 0.3 is 0 Å². The van der Waals surface area contributed by atoms with Crippen LogP contribution in [0, 0.1) is 11.3 Å². The van der Waals surface area contributed by atoms with Gasteiger partial charge in [-0.2, -0.15) is 5.26 Å². The molecule has 0 fully saturated rings. The van der Waals surface area contributed by atoms with Gasteiger partial charge < -0.3 is 11.5 Å². The Morgan fingerprint density at radius 3 is 2.14 bits per heavy atom. The lowest BCUT2D eigenvalue weighted by Gasteiger charge is -2.09. The quantitative estimate of drug-likeness (QED) is 0.436. The molecule has 0 aromatic heterocycles. The molecule has 0 unspecified atom stereocenters. The molecule has 0 saturated carbocycles. The molecule has 0 aliphatic carbocycles. The third kappa shape index (κ3) is 2.15. The summed E-state index contributed by atoms with van der Waals surface area (Å²) in [6, 6.07) is 1.75. The summed E-state index contributed by atoms with van der Waals surface area (Å²) in [6.07, 6.45) is 0.490. The number of nitriles is 1. The van der Waals surface area contributed by atoms with Crippen LogP contribution in [0.1, 0.15) is 13.3 Å². The molecule has 4 N–H and O–H groups in total. The molecule has 0 aliphatic rings. The first-order valence-electron chi connectivity index (χ1n) is 2.11. The van der Waals surface area contributed by atoms with Gasteiger partial charge in [0, 0.05) is 0 Å². The molecular weight excluding hydrogens is 90.1 g/mol. The lowest BCUT2D eigenvalue weighted by Crippen LogP contribution is -2.46. The van der Waals surface area contributed by atoms with Crippen molar-refractivity contribution in [3.63, 3.8) is 0 Å². The van der Waals surface area contributed by atoms with Crippen LogP contribution in [0.3, 0.4) is 0 Å². The van der Waals surface area contributed by atoms with E-state index in [2.05, 4.69) is 0 Å². The number of rotatable bonds is 1. The van der Waals surface area contributed by atoms with Gasteiger partial charge in [0.2, 0.25) is 0 Å². The Balaban J connectivity index is 3.66. The highest BCUT2D eigenvalue weighted by atomic mass is 14.9. The van der Waals surface area contributed by atoms with Crippen LogP contribution in [-0.4, -0.2) is 5.66 Å². The van der Waals surface area contributed by atoms with E-state index in [9.17, 15) is 0 Å².